The van der Waals surface area contributed by atoms with Gasteiger partial charge in [0.25, 0.3) is 11.8 Å². The molecule has 0 bridgehead atoms. The quantitative estimate of drug-likeness (QED) is 0.506. The number of rotatable bonds is 4. The Balaban J connectivity index is 1.40. The summed E-state index contributed by atoms with van der Waals surface area (Å²) in [4.78, 5) is 17.5. The van der Waals surface area contributed by atoms with Crippen molar-refractivity contribution in [2.24, 2.45) is 0 Å². The van der Waals surface area contributed by atoms with Crippen molar-refractivity contribution < 1.29 is 9.32 Å². The number of nitrogens with one attached hydrogen (secondary N) is 1. The molecule has 0 aliphatic carbocycles. The number of hydrogen-bond acceptors (Lipinski definition) is 7. The molecule has 0 atom stereocenters. The predicted octanol–water partition coefficient (Wildman–Crippen LogP) is 3.23. The molecule has 1 aromatic carbocycles. The fourth-order valence-corrected chi connectivity index (χ4v) is 3.98. The van der Waals surface area contributed by atoms with E-state index in [4.69, 9.17) is 4.52 Å². The van der Waals surface area contributed by atoms with Crippen LogP contribution < -0.4 is 5.32 Å². The third-order valence-corrected chi connectivity index (χ3v) is 5.43. The molecular weight excluding hydrogens is 376 g/mol. The van der Waals surface area contributed by atoms with Crippen LogP contribution in [0.5, 0.6) is 0 Å². The van der Waals surface area contributed by atoms with Crippen molar-refractivity contribution in [1.82, 2.24) is 30.1 Å². The lowest BCUT2D eigenvalue weighted by atomic mass is 10.2. The summed E-state index contributed by atoms with van der Waals surface area (Å²) in [5, 5.41) is 16.2. The standard InChI is InChI=1S/C19H14N6O2S/c1-11-21-19(27-24-11)13-6-4-8-25-16(22-23-17(13)25)10-20-18(26)15-9-12-5-2-3-7-14(12)28-15/h2-9H,10H2,1H3,(H,20,26). The highest BCUT2D eigenvalue weighted by atomic mass is 32.1. The van der Waals surface area contributed by atoms with Gasteiger partial charge >= 0.3 is 0 Å². The Kier molecular flexibility index (Phi) is 3.87. The van der Waals surface area contributed by atoms with E-state index in [1.165, 1.54) is 11.3 Å². The van der Waals surface area contributed by atoms with Gasteiger partial charge in [0.1, 0.15) is 0 Å². The van der Waals surface area contributed by atoms with Gasteiger partial charge in [-0.05, 0) is 36.6 Å². The summed E-state index contributed by atoms with van der Waals surface area (Å²) in [5.41, 5.74) is 1.29. The molecule has 0 aliphatic heterocycles. The average Bonchev–Trinajstić information content (AvgIpc) is 3.43. The number of fused-ring (bicyclic) bond motifs is 2. The van der Waals surface area contributed by atoms with E-state index in [0.717, 1.165) is 10.1 Å². The van der Waals surface area contributed by atoms with Crippen LogP contribution in [0.3, 0.4) is 0 Å². The minimum Gasteiger partial charge on any atom is -0.344 e. The number of carbonyl (C=O) groups is 1. The minimum atomic E-state index is -0.137. The SMILES string of the molecule is Cc1noc(-c2cccn3c(CNC(=O)c4cc5ccccc5s4)nnc23)n1. The highest BCUT2D eigenvalue weighted by Gasteiger charge is 2.16. The fourth-order valence-electron chi connectivity index (χ4n) is 3.00. The molecule has 138 valence electrons. The molecule has 5 rings (SSSR count). The lowest BCUT2D eigenvalue weighted by molar-refractivity contribution is 0.0954. The molecule has 4 aromatic heterocycles. The van der Waals surface area contributed by atoms with Crippen molar-refractivity contribution in [3.63, 3.8) is 0 Å². The number of pyridine rings is 1. The van der Waals surface area contributed by atoms with Gasteiger partial charge in [-0.25, -0.2) is 0 Å². The number of hydrogen-bond donors (Lipinski definition) is 1. The maximum atomic E-state index is 12.5. The van der Waals surface area contributed by atoms with Gasteiger partial charge in [0.05, 0.1) is 17.0 Å². The van der Waals surface area contributed by atoms with E-state index < -0.39 is 0 Å². The van der Waals surface area contributed by atoms with Gasteiger partial charge in [-0.3, -0.25) is 9.20 Å². The van der Waals surface area contributed by atoms with Gasteiger partial charge in [-0.1, -0.05) is 23.4 Å². The van der Waals surface area contributed by atoms with Gasteiger partial charge in [0, 0.05) is 10.9 Å². The van der Waals surface area contributed by atoms with Crippen LogP contribution in [-0.2, 0) is 6.54 Å². The Labute approximate surface area is 162 Å². The highest BCUT2D eigenvalue weighted by Crippen LogP contribution is 2.25. The second-order valence-electron chi connectivity index (χ2n) is 6.21. The van der Waals surface area contributed by atoms with Crippen LogP contribution >= 0.6 is 11.3 Å². The van der Waals surface area contributed by atoms with E-state index in [1.54, 1.807) is 11.3 Å². The number of benzene rings is 1. The molecule has 8 nitrogen and oxygen atoms in total. The first-order valence-corrected chi connectivity index (χ1v) is 9.41. The van der Waals surface area contributed by atoms with Gasteiger partial charge < -0.3 is 9.84 Å². The largest absolute Gasteiger partial charge is 0.344 e. The third kappa shape index (κ3) is 2.81. The smallest absolute Gasteiger partial charge is 0.261 e. The average molecular weight is 390 g/mol. The lowest BCUT2D eigenvalue weighted by Gasteiger charge is -2.03. The first-order valence-electron chi connectivity index (χ1n) is 8.59. The number of aromatic nitrogens is 5. The van der Waals surface area contributed by atoms with E-state index in [9.17, 15) is 4.79 Å². The first kappa shape index (κ1) is 16.6. The van der Waals surface area contributed by atoms with Crippen molar-refractivity contribution >= 4 is 33.0 Å². The van der Waals surface area contributed by atoms with E-state index >= 15 is 0 Å². The summed E-state index contributed by atoms with van der Waals surface area (Å²) >= 11 is 1.47. The van der Waals surface area contributed by atoms with Crippen LogP contribution in [0.1, 0.15) is 21.3 Å². The summed E-state index contributed by atoms with van der Waals surface area (Å²) in [6.07, 6.45) is 1.84. The zero-order chi connectivity index (χ0) is 19.1. The number of nitrogens with zero attached hydrogens (tertiary/aromatic N) is 5. The van der Waals surface area contributed by atoms with Gasteiger partial charge in [-0.2, -0.15) is 4.98 Å². The zero-order valence-corrected chi connectivity index (χ0v) is 15.6. The Bertz CT molecular complexity index is 1290. The number of thiophene rings is 1. The van der Waals surface area contributed by atoms with Crippen molar-refractivity contribution in [2.45, 2.75) is 13.5 Å². The molecule has 0 radical (unpaired) electrons. The second-order valence-corrected chi connectivity index (χ2v) is 7.29. The summed E-state index contributed by atoms with van der Waals surface area (Å²) in [6, 6.07) is 13.5. The zero-order valence-electron chi connectivity index (χ0n) is 14.8. The van der Waals surface area contributed by atoms with Crippen LogP contribution in [0.2, 0.25) is 0 Å². The molecule has 9 heteroatoms. The number of carbonyl (C=O) groups excluding carboxylic acids is 1. The van der Waals surface area contributed by atoms with E-state index in [0.29, 0.717) is 33.6 Å². The molecule has 28 heavy (non-hydrogen) atoms. The molecule has 5 aromatic rings. The minimum absolute atomic E-state index is 0.137. The normalized spacial score (nSPS) is 11.3. The topological polar surface area (TPSA) is 98.2 Å². The Morgan fingerprint density at radius 2 is 2.11 bits per heavy atom. The maximum Gasteiger partial charge on any atom is 0.261 e. The summed E-state index contributed by atoms with van der Waals surface area (Å²) in [7, 11) is 0. The first-order chi connectivity index (χ1) is 13.7. The van der Waals surface area contributed by atoms with E-state index in [1.807, 2.05) is 48.7 Å². The van der Waals surface area contributed by atoms with E-state index in [-0.39, 0.29) is 12.5 Å². The molecule has 0 spiro atoms. The number of aryl methyl sites for hydroxylation is 1. The van der Waals surface area contributed by atoms with Gasteiger partial charge in [-0.15, -0.1) is 21.5 Å². The highest BCUT2D eigenvalue weighted by molar-refractivity contribution is 7.20. The molecule has 0 fully saturated rings. The van der Waals surface area contributed by atoms with Crippen LogP contribution in [-0.4, -0.2) is 30.6 Å². The van der Waals surface area contributed by atoms with E-state index in [2.05, 4.69) is 25.7 Å². The summed E-state index contributed by atoms with van der Waals surface area (Å²) in [6.45, 7) is 2.01. The monoisotopic (exact) mass is 390 g/mol. The Morgan fingerprint density at radius 1 is 1.21 bits per heavy atom. The molecule has 0 saturated carbocycles. The molecule has 1 amide bonds. The summed E-state index contributed by atoms with van der Waals surface area (Å²) < 4.78 is 8.13. The number of amides is 1. The molecule has 0 unspecified atom stereocenters. The summed E-state index contributed by atoms with van der Waals surface area (Å²) in [5.74, 6) is 1.41. The van der Waals surface area contributed by atoms with Gasteiger partial charge in [0.2, 0.25) is 0 Å². The molecule has 0 aliphatic rings. The second kappa shape index (κ2) is 6.54. The third-order valence-electron chi connectivity index (χ3n) is 4.32. The van der Waals surface area contributed by atoms with Crippen LogP contribution in [0.15, 0.2) is 53.2 Å². The van der Waals surface area contributed by atoms with Crippen molar-refractivity contribution in [2.75, 3.05) is 0 Å². The van der Waals surface area contributed by atoms with Crippen LogP contribution in [0, 0.1) is 6.92 Å². The predicted molar refractivity (Wildman–Crippen MR) is 104 cm³/mol. The van der Waals surface area contributed by atoms with Crippen LogP contribution in [0.25, 0.3) is 27.2 Å². The van der Waals surface area contributed by atoms with Gasteiger partial charge in [0.15, 0.2) is 17.3 Å². The maximum absolute atomic E-state index is 12.5. The Morgan fingerprint density at radius 3 is 2.93 bits per heavy atom. The van der Waals surface area contributed by atoms with Crippen LogP contribution in [0.4, 0.5) is 0 Å². The fraction of sp³-hybridized carbons (Fsp3) is 0.105. The van der Waals surface area contributed by atoms with Crippen molar-refractivity contribution in [3.05, 3.63) is 65.2 Å². The van der Waals surface area contributed by atoms with Crippen molar-refractivity contribution in [1.29, 1.82) is 0 Å². The molecule has 4 heterocycles. The lowest BCUT2D eigenvalue weighted by Crippen LogP contribution is -2.23. The Hall–Kier alpha value is -3.59. The molecular formula is C19H14N6O2S. The molecule has 1 N–H and O–H groups in total. The van der Waals surface area contributed by atoms with Crippen molar-refractivity contribution in [3.8, 4) is 11.5 Å². The molecule has 0 saturated heterocycles.